The second kappa shape index (κ2) is 7.83. The van der Waals surface area contributed by atoms with E-state index in [4.69, 9.17) is 0 Å². The van der Waals surface area contributed by atoms with E-state index in [9.17, 15) is 0 Å². The molecular weight excluding hydrogens is 242 g/mol. The summed E-state index contributed by atoms with van der Waals surface area (Å²) in [6.45, 7) is 15.8. The summed E-state index contributed by atoms with van der Waals surface area (Å²) in [5, 5.41) is 3.54. The summed E-state index contributed by atoms with van der Waals surface area (Å²) in [6.07, 6.45) is 2.52. The van der Waals surface area contributed by atoms with E-state index in [2.05, 4.69) is 71.1 Å². The van der Waals surface area contributed by atoms with Gasteiger partial charge in [-0.1, -0.05) is 78.6 Å². The first-order chi connectivity index (χ1) is 9.43. The number of rotatable bonds is 7. The molecule has 0 spiro atoms. The lowest BCUT2D eigenvalue weighted by Crippen LogP contribution is -2.26. The van der Waals surface area contributed by atoms with Crippen LogP contribution in [0.1, 0.15) is 71.4 Å². The highest BCUT2D eigenvalue weighted by Crippen LogP contribution is 2.31. The first kappa shape index (κ1) is 17.2. The van der Waals surface area contributed by atoms with Gasteiger partial charge in [0.25, 0.3) is 0 Å². The molecule has 1 aromatic rings. The molecule has 1 rings (SSSR count). The van der Waals surface area contributed by atoms with Gasteiger partial charge in [-0.25, -0.2) is 0 Å². The van der Waals surface area contributed by atoms with Crippen LogP contribution in [0.4, 0.5) is 0 Å². The van der Waals surface area contributed by atoms with Gasteiger partial charge in [-0.3, -0.25) is 0 Å². The number of hydrogen-bond acceptors (Lipinski definition) is 1. The maximum Gasteiger partial charge on any atom is 0.00227 e. The zero-order chi connectivity index (χ0) is 15.2. The molecule has 1 atom stereocenters. The molecule has 0 saturated carbocycles. The lowest BCUT2D eigenvalue weighted by atomic mass is 9.80. The molecule has 1 unspecified atom stereocenters. The average Bonchev–Trinajstić information content (AvgIpc) is 2.43. The van der Waals surface area contributed by atoms with Crippen molar-refractivity contribution in [3.63, 3.8) is 0 Å². The second-order valence-corrected chi connectivity index (χ2v) is 6.86. The van der Waals surface area contributed by atoms with Gasteiger partial charge in [0, 0.05) is 6.54 Å². The van der Waals surface area contributed by atoms with Crippen molar-refractivity contribution in [2.45, 2.75) is 65.7 Å². The highest BCUT2D eigenvalue weighted by Gasteiger charge is 2.21. The zero-order valence-corrected chi connectivity index (χ0v) is 14.3. The Kier molecular flexibility index (Phi) is 6.75. The van der Waals surface area contributed by atoms with Crippen LogP contribution in [0.2, 0.25) is 0 Å². The van der Waals surface area contributed by atoms with Gasteiger partial charge >= 0.3 is 0 Å². The van der Waals surface area contributed by atoms with Crippen LogP contribution < -0.4 is 5.32 Å². The van der Waals surface area contributed by atoms with E-state index in [1.165, 1.54) is 24.0 Å². The Morgan fingerprint density at radius 2 is 1.50 bits per heavy atom. The monoisotopic (exact) mass is 275 g/mol. The van der Waals surface area contributed by atoms with Crippen LogP contribution in [0, 0.1) is 5.92 Å². The minimum absolute atomic E-state index is 0.241. The SMILES string of the molecule is CCNCC(c1ccc(C(C)(C)C)cc1)C(CC)CC. The quantitative estimate of drug-likeness (QED) is 0.729. The molecule has 0 amide bonds. The van der Waals surface area contributed by atoms with Crippen molar-refractivity contribution >= 4 is 0 Å². The molecule has 0 bridgehead atoms. The lowest BCUT2D eigenvalue weighted by Gasteiger charge is -2.27. The third kappa shape index (κ3) is 4.63. The van der Waals surface area contributed by atoms with Crippen molar-refractivity contribution in [1.29, 1.82) is 0 Å². The standard InChI is InChI=1S/C19H33N/c1-7-15(8-2)18(14-20-9-3)16-10-12-17(13-11-16)19(4,5)6/h10-13,15,18,20H,7-9,14H2,1-6H3. The van der Waals surface area contributed by atoms with Crippen LogP contribution in [-0.4, -0.2) is 13.1 Å². The molecule has 0 aliphatic carbocycles. The topological polar surface area (TPSA) is 12.0 Å². The first-order valence-corrected chi connectivity index (χ1v) is 8.25. The molecule has 0 aliphatic rings. The van der Waals surface area contributed by atoms with Gasteiger partial charge in [0.05, 0.1) is 0 Å². The van der Waals surface area contributed by atoms with E-state index in [0.29, 0.717) is 5.92 Å². The van der Waals surface area contributed by atoms with Crippen LogP contribution in [-0.2, 0) is 5.41 Å². The Labute approximate surface area is 126 Å². The summed E-state index contributed by atoms with van der Waals surface area (Å²) in [5.41, 5.74) is 3.16. The Morgan fingerprint density at radius 1 is 0.950 bits per heavy atom. The molecule has 20 heavy (non-hydrogen) atoms. The zero-order valence-electron chi connectivity index (χ0n) is 14.3. The third-order valence-corrected chi connectivity index (χ3v) is 4.44. The van der Waals surface area contributed by atoms with Crippen LogP contribution in [0.5, 0.6) is 0 Å². The largest absolute Gasteiger partial charge is 0.316 e. The highest BCUT2D eigenvalue weighted by atomic mass is 14.8. The van der Waals surface area contributed by atoms with Gasteiger partial charge < -0.3 is 5.32 Å². The van der Waals surface area contributed by atoms with E-state index >= 15 is 0 Å². The minimum atomic E-state index is 0.241. The van der Waals surface area contributed by atoms with Crippen molar-refractivity contribution < 1.29 is 0 Å². The summed E-state index contributed by atoms with van der Waals surface area (Å²) >= 11 is 0. The molecule has 1 N–H and O–H groups in total. The van der Waals surface area contributed by atoms with Gasteiger partial charge in [0.1, 0.15) is 0 Å². The molecule has 0 aliphatic heterocycles. The Balaban J connectivity index is 2.95. The number of hydrogen-bond donors (Lipinski definition) is 1. The maximum atomic E-state index is 3.54. The molecular formula is C19H33N. The van der Waals surface area contributed by atoms with E-state index in [1.807, 2.05) is 0 Å². The van der Waals surface area contributed by atoms with Gasteiger partial charge in [0.2, 0.25) is 0 Å². The summed E-state index contributed by atoms with van der Waals surface area (Å²) in [6, 6.07) is 9.33. The summed E-state index contributed by atoms with van der Waals surface area (Å²) in [4.78, 5) is 0. The fraction of sp³-hybridized carbons (Fsp3) is 0.684. The number of benzene rings is 1. The number of nitrogens with one attached hydrogen (secondary N) is 1. The van der Waals surface area contributed by atoms with Crippen molar-refractivity contribution in [1.82, 2.24) is 5.32 Å². The van der Waals surface area contributed by atoms with Crippen LogP contribution in [0.15, 0.2) is 24.3 Å². The van der Waals surface area contributed by atoms with Crippen molar-refractivity contribution in [3.8, 4) is 0 Å². The average molecular weight is 275 g/mol. The Morgan fingerprint density at radius 3 is 1.90 bits per heavy atom. The predicted molar refractivity (Wildman–Crippen MR) is 90.5 cm³/mol. The van der Waals surface area contributed by atoms with E-state index in [-0.39, 0.29) is 5.41 Å². The Hall–Kier alpha value is -0.820. The third-order valence-electron chi connectivity index (χ3n) is 4.44. The maximum absolute atomic E-state index is 3.54. The summed E-state index contributed by atoms with van der Waals surface area (Å²) in [7, 11) is 0. The van der Waals surface area contributed by atoms with Crippen molar-refractivity contribution in [3.05, 3.63) is 35.4 Å². The Bertz CT molecular complexity index is 368. The molecule has 114 valence electrons. The molecule has 0 heterocycles. The van der Waals surface area contributed by atoms with E-state index in [0.717, 1.165) is 19.0 Å². The second-order valence-electron chi connectivity index (χ2n) is 6.86. The van der Waals surface area contributed by atoms with Gasteiger partial charge in [-0.2, -0.15) is 0 Å². The van der Waals surface area contributed by atoms with Gasteiger partial charge in [0.15, 0.2) is 0 Å². The number of likely N-dealkylation sites (N-methyl/N-ethyl adjacent to an activating group) is 1. The molecule has 1 aromatic carbocycles. The first-order valence-electron chi connectivity index (χ1n) is 8.25. The fourth-order valence-electron chi connectivity index (χ4n) is 2.94. The molecule has 0 aromatic heterocycles. The lowest BCUT2D eigenvalue weighted by molar-refractivity contribution is 0.382. The molecule has 1 heteroatoms. The smallest absolute Gasteiger partial charge is 0.00227 e. The molecule has 1 nitrogen and oxygen atoms in total. The van der Waals surface area contributed by atoms with Crippen LogP contribution in [0.3, 0.4) is 0 Å². The molecule has 0 fully saturated rings. The van der Waals surface area contributed by atoms with Crippen molar-refractivity contribution in [2.24, 2.45) is 5.92 Å². The van der Waals surface area contributed by atoms with Crippen LogP contribution >= 0.6 is 0 Å². The van der Waals surface area contributed by atoms with Gasteiger partial charge in [-0.05, 0) is 34.9 Å². The van der Waals surface area contributed by atoms with Crippen molar-refractivity contribution in [2.75, 3.05) is 13.1 Å². The summed E-state index contributed by atoms with van der Waals surface area (Å²) in [5.74, 6) is 1.41. The minimum Gasteiger partial charge on any atom is -0.316 e. The fourth-order valence-corrected chi connectivity index (χ4v) is 2.94. The highest BCUT2D eigenvalue weighted by molar-refractivity contribution is 5.30. The van der Waals surface area contributed by atoms with Gasteiger partial charge in [-0.15, -0.1) is 0 Å². The molecule has 0 radical (unpaired) electrons. The molecule has 0 saturated heterocycles. The van der Waals surface area contributed by atoms with E-state index in [1.54, 1.807) is 0 Å². The van der Waals surface area contributed by atoms with E-state index < -0.39 is 0 Å². The normalized spacial score (nSPS) is 13.8. The predicted octanol–water partition coefficient (Wildman–Crippen LogP) is 5.11. The van der Waals surface area contributed by atoms with Crippen LogP contribution in [0.25, 0.3) is 0 Å². The summed E-state index contributed by atoms with van der Waals surface area (Å²) < 4.78 is 0.